The van der Waals surface area contributed by atoms with Gasteiger partial charge in [-0.05, 0) is 24.3 Å². The number of nitrogens with one attached hydrogen (secondary N) is 2. The fourth-order valence-corrected chi connectivity index (χ4v) is 2.81. The van der Waals surface area contributed by atoms with E-state index >= 15 is 0 Å². The highest BCUT2D eigenvalue weighted by atomic mass is 127. The predicted octanol–water partition coefficient (Wildman–Crippen LogP) is 2.41. The number of carbonyl (C=O) groups excluding carboxylic acids is 1. The Kier molecular flexibility index (Phi) is 7.30. The Bertz CT molecular complexity index is 688. The van der Waals surface area contributed by atoms with Crippen LogP contribution in [-0.2, 0) is 11.2 Å². The molecule has 0 aliphatic carbocycles. The fraction of sp³-hybridized carbons (Fsp3) is 0.333. The van der Waals surface area contributed by atoms with Crippen molar-refractivity contribution in [2.24, 2.45) is 4.99 Å². The first kappa shape index (κ1) is 19.3. The molecule has 1 aromatic heterocycles. The Balaban J connectivity index is 0.00000225. The minimum absolute atomic E-state index is 0. The number of halogens is 1. The van der Waals surface area contributed by atoms with E-state index in [1.807, 2.05) is 47.4 Å². The van der Waals surface area contributed by atoms with E-state index in [1.165, 1.54) is 0 Å². The van der Waals surface area contributed by atoms with Crippen LogP contribution in [0, 0.1) is 0 Å². The monoisotopic (exact) mass is 454 g/mol. The minimum atomic E-state index is 0. The van der Waals surface area contributed by atoms with Crippen molar-refractivity contribution in [3.8, 4) is 0 Å². The van der Waals surface area contributed by atoms with Gasteiger partial charge in [0.1, 0.15) is 5.76 Å². The van der Waals surface area contributed by atoms with E-state index in [-0.39, 0.29) is 35.9 Å². The molecule has 0 saturated carbocycles. The van der Waals surface area contributed by atoms with Crippen molar-refractivity contribution in [3.05, 3.63) is 54.5 Å². The Hall–Kier alpha value is -2.03. The van der Waals surface area contributed by atoms with Gasteiger partial charge in [-0.3, -0.25) is 9.79 Å². The van der Waals surface area contributed by atoms with Crippen molar-refractivity contribution in [1.29, 1.82) is 0 Å². The average Bonchev–Trinajstić information content (AvgIpc) is 3.24. The predicted molar refractivity (Wildman–Crippen MR) is 110 cm³/mol. The molecular formula is C18H23IN4O2. The zero-order valence-electron chi connectivity index (χ0n) is 14.1. The summed E-state index contributed by atoms with van der Waals surface area (Å²) in [6.45, 7) is 1.36. The molecule has 25 heavy (non-hydrogen) atoms. The number of carbonyl (C=O) groups is 1. The van der Waals surface area contributed by atoms with Crippen molar-refractivity contribution < 1.29 is 9.21 Å². The van der Waals surface area contributed by atoms with E-state index < -0.39 is 0 Å². The third kappa shape index (κ3) is 5.22. The number of nitrogens with zero attached hydrogens (tertiary/aromatic N) is 2. The van der Waals surface area contributed by atoms with Crippen LogP contribution in [0.3, 0.4) is 0 Å². The summed E-state index contributed by atoms with van der Waals surface area (Å²) < 4.78 is 5.31. The van der Waals surface area contributed by atoms with E-state index in [0.29, 0.717) is 18.9 Å². The van der Waals surface area contributed by atoms with Crippen LogP contribution < -0.4 is 15.5 Å². The number of guanidine groups is 1. The van der Waals surface area contributed by atoms with Crippen molar-refractivity contribution in [2.75, 3.05) is 25.0 Å². The number of aliphatic imine (C=N–C) groups is 1. The van der Waals surface area contributed by atoms with Crippen molar-refractivity contribution in [1.82, 2.24) is 10.6 Å². The van der Waals surface area contributed by atoms with Gasteiger partial charge in [0, 0.05) is 38.7 Å². The molecule has 1 fully saturated rings. The first-order chi connectivity index (χ1) is 11.8. The van der Waals surface area contributed by atoms with Crippen LogP contribution in [0.15, 0.2) is 58.1 Å². The van der Waals surface area contributed by atoms with Gasteiger partial charge >= 0.3 is 0 Å². The normalized spacial score (nSPS) is 17.3. The molecule has 1 aromatic carbocycles. The van der Waals surface area contributed by atoms with Gasteiger partial charge in [-0.2, -0.15) is 0 Å². The Labute approximate surface area is 164 Å². The molecule has 1 atom stereocenters. The number of anilines is 1. The number of rotatable bonds is 5. The highest BCUT2D eigenvalue weighted by Crippen LogP contribution is 2.20. The van der Waals surface area contributed by atoms with Gasteiger partial charge in [-0.25, -0.2) is 0 Å². The average molecular weight is 454 g/mol. The van der Waals surface area contributed by atoms with Gasteiger partial charge in [0.25, 0.3) is 0 Å². The summed E-state index contributed by atoms with van der Waals surface area (Å²) in [4.78, 5) is 18.3. The summed E-state index contributed by atoms with van der Waals surface area (Å²) in [6.07, 6.45) is 2.92. The molecule has 0 bridgehead atoms. The van der Waals surface area contributed by atoms with Crippen LogP contribution in [0.4, 0.5) is 5.69 Å². The van der Waals surface area contributed by atoms with Gasteiger partial charge in [0.2, 0.25) is 5.91 Å². The molecule has 1 amide bonds. The highest BCUT2D eigenvalue weighted by Gasteiger charge is 2.30. The summed E-state index contributed by atoms with van der Waals surface area (Å²) in [7, 11) is 1.73. The Morgan fingerprint density at radius 1 is 1.28 bits per heavy atom. The number of hydrogen-bond acceptors (Lipinski definition) is 3. The molecule has 0 radical (unpaired) electrons. The lowest BCUT2D eigenvalue weighted by Gasteiger charge is -2.18. The van der Waals surface area contributed by atoms with Crippen molar-refractivity contribution in [2.45, 2.75) is 18.9 Å². The first-order valence-corrected chi connectivity index (χ1v) is 8.11. The lowest BCUT2D eigenvalue weighted by Crippen LogP contribution is -2.45. The quantitative estimate of drug-likeness (QED) is 0.414. The second kappa shape index (κ2) is 9.45. The molecule has 1 unspecified atom stereocenters. The third-order valence-corrected chi connectivity index (χ3v) is 4.00. The van der Waals surface area contributed by atoms with E-state index in [4.69, 9.17) is 4.42 Å². The van der Waals surface area contributed by atoms with Crippen LogP contribution in [0.5, 0.6) is 0 Å². The Morgan fingerprint density at radius 2 is 2.08 bits per heavy atom. The highest BCUT2D eigenvalue weighted by molar-refractivity contribution is 14.0. The molecule has 3 rings (SSSR count). The number of benzene rings is 1. The van der Waals surface area contributed by atoms with Crippen LogP contribution in [0.2, 0.25) is 0 Å². The van der Waals surface area contributed by atoms with Crippen LogP contribution in [0.1, 0.15) is 12.2 Å². The van der Waals surface area contributed by atoms with Crippen molar-refractivity contribution >= 4 is 41.5 Å². The number of para-hydroxylation sites is 1. The zero-order valence-corrected chi connectivity index (χ0v) is 16.5. The van der Waals surface area contributed by atoms with Gasteiger partial charge in [-0.15, -0.1) is 24.0 Å². The second-order valence-corrected chi connectivity index (χ2v) is 5.71. The van der Waals surface area contributed by atoms with E-state index in [0.717, 1.165) is 24.4 Å². The largest absolute Gasteiger partial charge is 0.469 e. The maximum Gasteiger partial charge on any atom is 0.229 e. The molecule has 6 nitrogen and oxygen atoms in total. The topological polar surface area (TPSA) is 69.9 Å². The number of hydrogen-bond donors (Lipinski definition) is 2. The van der Waals surface area contributed by atoms with E-state index in [9.17, 15) is 4.79 Å². The zero-order chi connectivity index (χ0) is 16.8. The molecule has 1 aliphatic rings. The van der Waals surface area contributed by atoms with Gasteiger partial charge < -0.3 is 20.0 Å². The summed E-state index contributed by atoms with van der Waals surface area (Å²) in [5, 5.41) is 6.57. The van der Waals surface area contributed by atoms with Gasteiger partial charge in [0.15, 0.2) is 5.96 Å². The fourth-order valence-electron chi connectivity index (χ4n) is 2.81. The van der Waals surface area contributed by atoms with Crippen LogP contribution in [0.25, 0.3) is 0 Å². The third-order valence-electron chi connectivity index (χ3n) is 4.00. The standard InChI is InChI=1S/C18H22N4O2.HI/c1-19-18(20-10-9-16-8-5-11-24-16)21-14-12-17(23)22(13-14)15-6-3-2-4-7-15;/h2-8,11,14H,9-10,12-13H2,1H3,(H2,19,20,21);1H. The van der Waals surface area contributed by atoms with Crippen LogP contribution in [-0.4, -0.2) is 38.0 Å². The summed E-state index contributed by atoms with van der Waals surface area (Å²) in [6, 6.07) is 13.6. The molecule has 0 spiro atoms. The maximum absolute atomic E-state index is 12.2. The van der Waals surface area contributed by atoms with Crippen LogP contribution >= 0.6 is 24.0 Å². The maximum atomic E-state index is 12.2. The smallest absolute Gasteiger partial charge is 0.229 e. The van der Waals surface area contributed by atoms with Gasteiger partial charge in [-0.1, -0.05) is 18.2 Å². The molecule has 2 aromatic rings. The Morgan fingerprint density at radius 3 is 2.76 bits per heavy atom. The summed E-state index contributed by atoms with van der Waals surface area (Å²) >= 11 is 0. The number of amides is 1. The number of furan rings is 1. The molecular weight excluding hydrogens is 431 g/mol. The first-order valence-electron chi connectivity index (χ1n) is 8.11. The summed E-state index contributed by atoms with van der Waals surface area (Å²) in [5.74, 6) is 1.77. The second-order valence-electron chi connectivity index (χ2n) is 5.71. The SMILES string of the molecule is CN=C(NCCc1ccco1)NC1CC(=O)N(c2ccccc2)C1.I. The molecule has 1 aliphatic heterocycles. The summed E-state index contributed by atoms with van der Waals surface area (Å²) in [5.41, 5.74) is 0.938. The van der Waals surface area contributed by atoms with Gasteiger partial charge in [0.05, 0.1) is 12.3 Å². The lowest BCUT2D eigenvalue weighted by molar-refractivity contribution is -0.117. The molecule has 1 saturated heterocycles. The van der Waals surface area contributed by atoms with E-state index in [2.05, 4.69) is 15.6 Å². The molecule has 2 heterocycles. The minimum Gasteiger partial charge on any atom is -0.469 e. The lowest BCUT2D eigenvalue weighted by atomic mass is 10.2. The van der Waals surface area contributed by atoms with E-state index in [1.54, 1.807) is 13.3 Å². The van der Waals surface area contributed by atoms with Crippen molar-refractivity contribution in [3.63, 3.8) is 0 Å². The molecule has 7 heteroatoms. The molecule has 2 N–H and O–H groups in total. The molecule has 134 valence electrons.